The van der Waals surface area contributed by atoms with E-state index in [-0.39, 0.29) is 0 Å². The molecule has 130 valence electrons. The van der Waals surface area contributed by atoms with Crippen molar-refractivity contribution in [3.8, 4) is 27.8 Å². The second-order valence-corrected chi connectivity index (χ2v) is 6.13. The van der Waals surface area contributed by atoms with E-state index in [1.54, 1.807) is 32.7 Å². The Morgan fingerprint density at radius 3 is 2.44 bits per heavy atom. The van der Waals surface area contributed by atoms with Crippen molar-refractivity contribution in [2.45, 2.75) is 6.54 Å². The maximum atomic E-state index is 5.36. The van der Waals surface area contributed by atoms with E-state index in [2.05, 4.69) is 10.7 Å². The van der Waals surface area contributed by atoms with E-state index in [1.165, 1.54) is 0 Å². The number of anilines is 1. The van der Waals surface area contributed by atoms with Crippen LogP contribution in [0.3, 0.4) is 0 Å². The van der Waals surface area contributed by atoms with Gasteiger partial charge in [0.15, 0.2) is 11.5 Å². The van der Waals surface area contributed by atoms with Gasteiger partial charge in [0.05, 0.1) is 39.3 Å². The first kappa shape index (κ1) is 17.1. The zero-order chi connectivity index (χ0) is 17.6. The molecule has 5 nitrogen and oxygen atoms in total. The van der Waals surface area contributed by atoms with Crippen molar-refractivity contribution < 1.29 is 14.2 Å². The fourth-order valence-corrected chi connectivity index (χ4v) is 3.28. The predicted molar refractivity (Wildman–Crippen MR) is 101 cm³/mol. The Balaban J connectivity index is 1.74. The number of benzene rings is 2. The van der Waals surface area contributed by atoms with Crippen molar-refractivity contribution in [1.29, 1.82) is 0 Å². The maximum absolute atomic E-state index is 5.36. The lowest BCUT2D eigenvalue weighted by Gasteiger charge is -2.09. The fourth-order valence-electron chi connectivity index (χ4n) is 2.47. The second-order valence-electron chi connectivity index (χ2n) is 5.27. The molecule has 0 bridgehead atoms. The third-order valence-corrected chi connectivity index (χ3v) is 4.69. The van der Waals surface area contributed by atoms with Crippen LogP contribution in [-0.2, 0) is 6.54 Å². The summed E-state index contributed by atoms with van der Waals surface area (Å²) < 4.78 is 16.0. The van der Waals surface area contributed by atoms with Gasteiger partial charge in [0.1, 0.15) is 10.8 Å². The lowest BCUT2D eigenvalue weighted by molar-refractivity contribution is 0.355. The lowest BCUT2D eigenvalue weighted by Crippen LogP contribution is -2.01. The van der Waals surface area contributed by atoms with Crippen molar-refractivity contribution in [2.75, 3.05) is 26.6 Å². The highest BCUT2D eigenvalue weighted by atomic mass is 32.1. The smallest absolute Gasteiger partial charge is 0.161 e. The number of hydrogen-bond donors (Lipinski definition) is 1. The van der Waals surface area contributed by atoms with Crippen LogP contribution < -0.4 is 19.5 Å². The van der Waals surface area contributed by atoms with Gasteiger partial charge >= 0.3 is 0 Å². The molecule has 6 heteroatoms. The number of rotatable bonds is 7. The van der Waals surface area contributed by atoms with Crippen LogP contribution in [0.15, 0.2) is 47.8 Å². The summed E-state index contributed by atoms with van der Waals surface area (Å²) in [7, 11) is 4.92. The molecule has 0 aliphatic heterocycles. The van der Waals surface area contributed by atoms with E-state index in [1.807, 2.05) is 42.5 Å². The minimum Gasteiger partial charge on any atom is -0.495 e. The second kappa shape index (κ2) is 7.90. The molecule has 2 aromatic carbocycles. The van der Waals surface area contributed by atoms with Crippen molar-refractivity contribution in [3.63, 3.8) is 0 Å². The summed E-state index contributed by atoms with van der Waals surface area (Å²) in [4.78, 5) is 4.70. The standard InChI is InChI=1S/C19H20N2O3S/c1-22-16-7-5-4-6-15(16)20-11-14-12-25-19(21-14)13-8-9-17(23-2)18(10-13)24-3/h4-10,12,20H,11H2,1-3H3. The van der Waals surface area contributed by atoms with Gasteiger partial charge in [0.2, 0.25) is 0 Å². The van der Waals surface area contributed by atoms with Crippen molar-refractivity contribution in [3.05, 3.63) is 53.5 Å². The number of thiazole rings is 1. The number of hydrogen-bond acceptors (Lipinski definition) is 6. The highest BCUT2D eigenvalue weighted by Gasteiger charge is 2.10. The molecule has 3 rings (SSSR count). The van der Waals surface area contributed by atoms with Crippen molar-refractivity contribution in [2.24, 2.45) is 0 Å². The average molecular weight is 356 g/mol. The molecule has 0 atom stereocenters. The van der Waals surface area contributed by atoms with Gasteiger partial charge < -0.3 is 19.5 Å². The number of aromatic nitrogens is 1. The topological polar surface area (TPSA) is 52.6 Å². The molecular weight excluding hydrogens is 336 g/mol. The molecule has 1 heterocycles. The molecule has 0 aliphatic carbocycles. The Morgan fingerprint density at radius 2 is 1.68 bits per heavy atom. The number of methoxy groups -OCH3 is 3. The van der Waals surface area contributed by atoms with E-state index >= 15 is 0 Å². The van der Waals surface area contributed by atoms with Gasteiger partial charge in [-0.25, -0.2) is 4.98 Å². The number of nitrogens with one attached hydrogen (secondary N) is 1. The largest absolute Gasteiger partial charge is 0.495 e. The van der Waals surface area contributed by atoms with Gasteiger partial charge in [-0.2, -0.15) is 0 Å². The van der Waals surface area contributed by atoms with Crippen molar-refractivity contribution >= 4 is 17.0 Å². The van der Waals surface area contributed by atoms with Crippen LogP contribution in [0.2, 0.25) is 0 Å². The minimum absolute atomic E-state index is 0.629. The Hall–Kier alpha value is -2.73. The summed E-state index contributed by atoms with van der Waals surface area (Å²) in [6, 6.07) is 13.6. The molecule has 3 aromatic rings. The first-order chi connectivity index (χ1) is 12.2. The van der Waals surface area contributed by atoms with Gasteiger partial charge in [-0.15, -0.1) is 11.3 Å². The van der Waals surface area contributed by atoms with Crippen LogP contribution in [0.25, 0.3) is 10.6 Å². The molecule has 0 fully saturated rings. The first-order valence-corrected chi connectivity index (χ1v) is 8.66. The third-order valence-electron chi connectivity index (χ3n) is 3.75. The molecule has 25 heavy (non-hydrogen) atoms. The van der Waals surface area contributed by atoms with Crippen LogP contribution in [-0.4, -0.2) is 26.3 Å². The highest BCUT2D eigenvalue weighted by molar-refractivity contribution is 7.13. The van der Waals surface area contributed by atoms with E-state index < -0.39 is 0 Å². The zero-order valence-corrected chi connectivity index (χ0v) is 15.2. The summed E-state index contributed by atoms with van der Waals surface area (Å²) in [6.07, 6.45) is 0. The summed E-state index contributed by atoms with van der Waals surface area (Å²) in [5.41, 5.74) is 2.93. The normalized spacial score (nSPS) is 10.4. The van der Waals surface area contributed by atoms with Gasteiger partial charge in [0.25, 0.3) is 0 Å². The van der Waals surface area contributed by atoms with Crippen LogP contribution in [0, 0.1) is 0 Å². The van der Waals surface area contributed by atoms with Gasteiger partial charge in [-0.05, 0) is 30.3 Å². The maximum Gasteiger partial charge on any atom is 0.161 e. The lowest BCUT2D eigenvalue weighted by atomic mass is 10.2. The van der Waals surface area contributed by atoms with Gasteiger partial charge in [0, 0.05) is 10.9 Å². The van der Waals surface area contributed by atoms with Crippen molar-refractivity contribution in [1.82, 2.24) is 4.98 Å². The van der Waals surface area contributed by atoms with E-state index in [0.717, 1.165) is 27.7 Å². The summed E-state index contributed by atoms with van der Waals surface area (Å²) >= 11 is 1.60. The Bertz CT molecular complexity index is 848. The molecule has 0 amide bonds. The average Bonchev–Trinajstić information content (AvgIpc) is 3.15. The van der Waals surface area contributed by atoms with Crippen LogP contribution in [0.1, 0.15) is 5.69 Å². The zero-order valence-electron chi connectivity index (χ0n) is 14.4. The van der Waals surface area contributed by atoms with E-state index in [4.69, 9.17) is 19.2 Å². The van der Waals surface area contributed by atoms with E-state index in [0.29, 0.717) is 18.0 Å². The first-order valence-electron chi connectivity index (χ1n) is 7.79. The molecule has 1 N–H and O–H groups in total. The third kappa shape index (κ3) is 3.85. The van der Waals surface area contributed by atoms with Crippen LogP contribution >= 0.6 is 11.3 Å². The number of ether oxygens (including phenoxy) is 3. The van der Waals surface area contributed by atoms with Crippen LogP contribution in [0.5, 0.6) is 17.2 Å². The molecule has 0 radical (unpaired) electrons. The highest BCUT2D eigenvalue weighted by Crippen LogP contribution is 2.33. The number of nitrogens with zero attached hydrogens (tertiary/aromatic N) is 1. The summed E-state index contributed by atoms with van der Waals surface area (Å²) in [5, 5.41) is 6.35. The Kier molecular flexibility index (Phi) is 5.40. The van der Waals surface area contributed by atoms with Gasteiger partial charge in [-0.3, -0.25) is 0 Å². The molecule has 0 saturated heterocycles. The SMILES string of the molecule is COc1ccccc1NCc1csc(-c2ccc(OC)c(OC)c2)n1. The monoisotopic (exact) mass is 356 g/mol. The minimum atomic E-state index is 0.629. The Labute approximate surface area is 151 Å². The van der Waals surface area contributed by atoms with Gasteiger partial charge in [-0.1, -0.05) is 12.1 Å². The summed E-state index contributed by atoms with van der Waals surface area (Å²) in [6.45, 7) is 0.629. The molecule has 1 aromatic heterocycles. The molecule has 0 aliphatic rings. The predicted octanol–water partition coefficient (Wildman–Crippen LogP) is 4.45. The molecule has 0 unspecified atom stereocenters. The van der Waals surface area contributed by atoms with E-state index in [9.17, 15) is 0 Å². The molecule has 0 spiro atoms. The quantitative estimate of drug-likeness (QED) is 0.678. The Morgan fingerprint density at radius 1 is 0.920 bits per heavy atom. The molecular formula is C19H20N2O3S. The fraction of sp³-hybridized carbons (Fsp3) is 0.211. The van der Waals surface area contributed by atoms with Crippen LogP contribution in [0.4, 0.5) is 5.69 Å². The molecule has 0 saturated carbocycles. The number of para-hydroxylation sites is 2. The summed E-state index contributed by atoms with van der Waals surface area (Å²) in [5.74, 6) is 2.22.